The monoisotopic (exact) mass is 300 g/mol. The van der Waals surface area contributed by atoms with E-state index in [1.54, 1.807) is 23.1 Å². The number of benzene rings is 1. The molecule has 0 aliphatic carbocycles. The summed E-state index contributed by atoms with van der Waals surface area (Å²) in [6.45, 7) is 0.989. The van der Waals surface area contributed by atoms with Crippen LogP contribution in [0.15, 0.2) is 18.2 Å². The molecule has 0 saturated carbocycles. The van der Waals surface area contributed by atoms with E-state index in [2.05, 4.69) is 0 Å². The van der Waals surface area contributed by atoms with E-state index in [0.717, 1.165) is 5.56 Å². The van der Waals surface area contributed by atoms with Crippen LogP contribution in [-0.4, -0.2) is 29.8 Å². The molecule has 1 aromatic carbocycles. The summed E-state index contributed by atoms with van der Waals surface area (Å²) < 4.78 is 0. The van der Waals surface area contributed by atoms with Crippen molar-refractivity contribution >= 4 is 35.0 Å². The third-order valence-electron chi connectivity index (χ3n) is 3.28. The lowest BCUT2D eigenvalue weighted by Crippen LogP contribution is -2.32. The number of halogens is 2. The van der Waals surface area contributed by atoms with Gasteiger partial charge in [-0.25, -0.2) is 0 Å². The molecule has 0 radical (unpaired) electrons. The van der Waals surface area contributed by atoms with Crippen molar-refractivity contribution in [2.75, 3.05) is 13.1 Å². The molecule has 0 aromatic heterocycles. The normalized spacial score (nSPS) is 18.6. The summed E-state index contributed by atoms with van der Waals surface area (Å²) in [6.07, 6.45) is 0.894. The van der Waals surface area contributed by atoms with Crippen LogP contribution in [-0.2, 0) is 16.0 Å². The molecule has 1 heterocycles. The maximum atomic E-state index is 12.1. The maximum Gasteiger partial charge on any atom is 0.227 e. The average molecular weight is 301 g/mol. The smallest absolute Gasteiger partial charge is 0.227 e. The van der Waals surface area contributed by atoms with E-state index in [-0.39, 0.29) is 24.2 Å². The van der Waals surface area contributed by atoms with Crippen LogP contribution in [0.3, 0.4) is 0 Å². The predicted molar refractivity (Wildman–Crippen MR) is 74.0 cm³/mol. The Morgan fingerprint density at radius 1 is 1.32 bits per heavy atom. The van der Waals surface area contributed by atoms with Gasteiger partial charge >= 0.3 is 0 Å². The lowest BCUT2D eigenvalue weighted by atomic mass is 10.1. The van der Waals surface area contributed by atoms with E-state index in [4.69, 9.17) is 28.9 Å². The molecule has 1 aliphatic heterocycles. The van der Waals surface area contributed by atoms with E-state index in [1.165, 1.54) is 0 Å². The summed E-state index contributed by atoms with van der Waals surface area (Å²) in [6, 6.07) is 5.12. The minimum absolute atomic E-state index is 0.0258. The van der Waals surface area contributed by atoms with Crippen molar-refractivity contribution < 1.29 is 9.59 Å². The average Bonchev–Trinajstić information content (AvgIpc) is 2.83. The topological polar surface area (TPSA) is 63.4 Å². The van der Waals surface area contributed by atoms with E-state index in [1.807, 2.05) is 0 Å². The van der Waals surface area contributed by atoms with E-state index < -0.39 is 0 Å². The molecule has 1 fully saturated rings. The Morgan fingerprint density at radius 2 is 2.05 bits per heavy atom. The van der Waals surface area contributed by atoms with Crippen molar-refractivity contribution in [1.29, 1.82) is 0 Å². The molecule has 2 rings (SSSR count). The molecular formula is C13H14Cl2N2O2. The standard InChI is InChI=1S/C13H14Cl2N2O2/c14-10-2-1-8(5-11(10)15)6-12(18)17-4-3-9(7-17)13(16)19/h1-2,5,9H,3-4,6-7H2,(H2,16,19)/t9-/m1/s1. The number of likely N-dealkylation sites (tertiary alicyclic amines) is 1. The lowest BCUT2D eigenvalue weighted by Gasteiger charge is -2.16. The highest BCUT2D eigenvalue weighted by molar-refractivity contribution is 6.42. The molecule has 1 atom stereocenters. The Balaban J connectivity index is 1.98. The Hall–Kier alpha value is -1.26. The van der Waals surface area contributed by atoms with Gasteiger partial charge in [0.1, 0.15) is 0 Å². The zero-order chi connectivity index (χ0) is 14.0. The third-order valence-corrected chi connectivity index (χ3v) is 4.02. The second-order valence-corrected chi connectivity index (χ2v) is 5.47. The van der Waals surface area contributed by atoms with Gasteiger partial charge in [-0.3, -0.25) is 9.59 Å². The van der Waals surface area contributed by atoms with Crippen LogP contribution in [0, 0.1) is 5.92 Å². The van der Waals surface area contributed by atoms with Crippen LogP contribution in [0.1, 0.15) is 12.0 Å². The number of carbonyl (C=O) groups excluding carboxylic acids is 2. The van der Waals surface area contributed by atoms with Gasteiger partial charge in [0, 0.05) is 13.1 Å². The molecule has 1 saturated heterocycles. The molecule has 1 aromatic rings. The molecule has 0 bridgehead atoms. The molecule has 2 amide bonds. The minimum atomic E-state index is -0.343. The van der Waals surface area contributed by atoms with Crippen LogP contribution in [0.2, 0.25) is 10.0 Å². The highest BCUT2D eigenvalue weighted by Crippen LogP contribution is 2.23. The van der Waals surface area contributed by atoms with E-state index in [0.29, 0.717) is 29.6 Å². The van der Waals surface area contributed by atoms with Gasteiger partial charge in [0.25, 0.3) is 0 Å². The number of carbonyl (C=O) groups is 2. The first-order chi connectivity index (χ1) is 8.97. The van der Waals surface area contributed by atoms with Gasteiger partial charge in [-0.2, -0.15) is 0 Å². The number of hydrogen-bond acceptors (Lipinski definition) is 2. The summed E-state index contributed by atoms with van der Waals surface area (Å²) in [4.78, 5) is 24.8. The van der Waals surface area contributed by atoms with Gasteiger partial charge in [0.05, 0.1) is 22.4 Å². The Kier molecular flexibility index (Phi) is 4.32. The molecular weight excluding hydrogens is 287 g/mol. The zero-order valence-electron chi connectivity index (χ0n) is 10.2. The first-order valence-electron chi connectivity index (χ1n) is 5.98. The molecule has 4 nitrogen and oxygen atoms in total. The number of primary amides is 1. The Labute approximate surface area is 121 Å². The molecule has 2 N–H and O–H groups in total. The summed E-state index contributed by atoms with van der Waals surface area (Å²) >= 11 is 11.7. The summed E-state index contributed by atoms with van der Waals surface area (Å²) in [5.41, 5.74) is 6.05. The van der Waals surface area contributed by atoms with E-state index >= 15 is 0 Å². The quantitative estimate of drug-likeness (QED) is 0.926. The molecule has 6 heteroatoms. The van der Waals surface area contributed by atoms with Gasteiger partial charge in [-0.05, 0) is 24.1 Å². The van der Waals surface area contributed by atoms with Crippen LogP contribution >= 0.6 is 23.2 Å². The van der Waals surface area contributed by atoms with Crippen molar-refractivity contribution in [3.05, 3.63) is 33.8 Å². The first kappa shape index (κ1) is 14.2. The summed E-state index contributed by atoms with van der Waals surface area (Å²) in [5, 5.41) is 0.899. The zero-order valence-corrected chi connectivity index (χ0v) is 11.7. The van der Waals surface area contributed by atoms with Gasteiger partial charge in [0.2, 0.25) is 11.8 Å². The highest BCUT2D eigenvalue weighted by atomic mass is 35.5. The maximum absolute atomic E-state index is 12.1. The van der Waals surface area contributed by atoms with Crippen molar-refractivity contribution in [2.24, 2.45) is 11.7 Å². The number of rotatable bonds is 3. The largest absolute Gasteiger partial charge is 0.369 e. The van der Waals surface area contributed by atoms with Crippen LogP contribution in [0.5, 0.6) is 0 Å². The van der Waals surface area contributed by atoms with Crippen molar-refractivity contribution in [3.63, 3.8) is 0 Å². The minimum Gasteiger partial charge on any atom is -0.369 e. The second kappa shape index (κ2) is 5.80. The predicted octanol–water partition coefficient (Wildman–Crippen LogP) is 1.87. The first-order valence-corrected chi connectivity index (χ1v) is 6.74. The Bertz CT molecular complexity index is 519. The van der Waals surface area contributed by atoms with Crippen LogP contribution in [0.25, 0.3) is 0 Å². The number of nitrogens with two attached hydrogens (primary N) is 1. The van der Waals surface area contributed by atoms with Crippen LogP contribution in [0.4, 0.5) is 0 Å². The molecule has 0 unspecified atom stereocenters. The fraction of sp³-hybridized carbons (Fsp3) is 0.385. The van der Waals surface area contributed by atoms with Gasteiger partial charge in [-0.1, -0.05) is 29.3 Å². The van der Waals surface area contributed by atoms with Crippen LogP contribution < -0.4 is 5.73 Å². The molecule has 102 valence electrons. The van der Waals surface area contributed by atoms with Crippen molar-refractivity contribution in [2.45, 2.75) is 12.8 Å². The van der Waals surface area contributed by atoms with Crippen molar-refractivity contribution in [3.8, 4) is 0 Å². The second-order valence-electron chi connectivity index (χ2n) is 4.65. The molecule has 19 heavy (non-hydrogen) atoms. The summed E-state index contributed by atoms with van der Waals surface area (Å²) in [5.74, 6) is -0.593. The van der Waals surface area contributed by atoms with Crippen molar-refractivity contribution in [1.82, 2.24) is 4.90 Å². The fourth-order valence-corrected chi connectivity index (χ4v) is 2.48. The van der Waals surface area contributed by atoms with Gasteiger partial charge in [0.15, 0.2) is 0 Å². The number of amides is 2. The molecule has 0 spiro atoms. The van der Waals surface area contributed by atoms with Gasteiger partial charge < -0.3 is 10.6 Å². The highest BCUT2D eigenvalue weighted by Gasteiger charge is 2.29. The third kappa shape index (κ3) is 3.39. The SMILES string of the molecule is NC(=O)[C@@H]1CCN(C(=O)Cc2ccc(Cl)c(Cl)c2)C1. The van der Waals surface area contributed by atoms with Gasteiger partial charge in [-0.15, -0.1) is 0 Å². The fourth-order valence-electron chi connectivity index (χ4n) is 2.16. The number of nitrogens with zero attached hydrogens (tertiary/aromatic N) is 1. The van der Waals surface area contributed by atoms with E-state index in [9.17, 15) is 9.59 Å². The summed E-state index contributed by atoms with van der Waals surface area (Å²) in [7, 11) is 0. The molecule has 1 aliphatic rings. The Morgan fingerprint density at radius 3 is 2.63 bits per heavy atom. The number of hydrogen-bond donors (Lipinski definition) is 1. The lowest BCUT2D eigenvalue weighted by molar-refractivity contribution is -0.129.